The lowest BCUT2D eigenvalue weighted by molar-refractivity contribution is -0.144. The summed E-state index contributed by atoms with van der Waals surface area (Å²) in [4.78, 5) is 25.3. The van der Waals surface area contributed by atoms with Gasteiger partial charge in [-0.2, -0.15) is 0 Å². The predicted octanol–water partition coefficient (Wildman–Crippen LogP) is 2.54. The van der Waals surface area contributed by atoms with Gasteiger partial charge in [-0.1, -0.05) is 25.7 Å². The van der Waals surface area contributed by atoms with Crippen molar-refractivity contribution in [2.75, 3.05) is 13.1 Å². The average molecular weight is 249 g/mol. The van der Waals surface area contributed by atoms with Crippen LogP contribution >= 0.6 is 0 Å². The number of rotatable bonds is 1. The SMILES string of the molecule is O=C1CC(C(=O)N2CCC3(CCCCCC3)C2)C1. The van der Waals surface area contributed by atoms with Crippen molar-refractivity contribution in [1.29, 1.82) is 0 Å². The number of ketones is 1. The van der Waals surface area contributed by atoms with Gasteiger partial charge in [0, 0.05) is 25.9 Å². The molecule has 18 heavy (non-hydrogen) atoms. The Bertz CT molecular complexity index is 348. The molecule has 1 heterocycles. The number of nitrogens with zero attached hydrogens (tertiary/aromatic N) is 1. The summed E-state index contributed by atoms with van der Waals surface area (Å²) in [6, 6.07) is 0. The van der Waals surface area contributed by atoms with Crippen LogP contribution in [-0.4, -0.2) is 29.7 Å². The van der Waals surface area contributed by atoms with E-state index in [1.54, 1.807) is 0 Å². The third kappa shape index (κ3) is 2.19. The van der Waals surface area contributed by atoms with E-state index in [1.807, 2.05) is 0 Å². The Balaban J connectivity index is 1.60. The van der Waals surface area contributed by atoms with Crippen LogP contribution in [0.15, 0.2) is 0 Å². The van der Waals surface area contributed by atoms with Crippen molar-refractivity contribution in [3.63, 3.8) is 0 Å². The van der Waals surface area contributed by atoms with Crippen LogP contribution in [0.5, 0.6) is 0 Å². The molecule has 3 aliphatic rings. The number of carbonyl (C=O) groups excluding carboxylic acids is 2. The molecule has 0 aromatic rings. The van der Waals surface area contributed by atoms with E-state index >= 15 is 0 Å². The summed E-state index contributed by atoms with van der Waals surface area (Å²) in [6.07, 6.45) is 10.2. The van der Waals surface area contributed by atoms with E-state index in [9.17, 15) is 9.59 Å². The molecular weight excluding hydrogens is 226 g/mol. The Morgan fingerprint density at radius 1 is 1.06 bits per heavy atom. The molecule has 1 amide bonds. The van der Waals surface area contributed by atoms with Crippen LogP contribution in [0.1, 0.15) is 57.8 Å². The summed E-state index contributed by atoms with van der Waals surface area (Å²) in [5, 5.41) is 0. The van der Waals surface area contributed by atoms with Crippen molar-refractivity contribution in [3.05, 3.63) is 0 Å². The van der Waals surface area contributed by atoms with Gasteiger partial charge in [0.25, 0.3) is 0 Å². The molecule has 0 atom stereocenters. The molecule has 2 saturated carbocycles. The van der Waals surface area contributed by atoms with Crippen LogP contribution in [0.25, 0.3) is 0 Å². The first-order valence-electron chi connectivity index (χ1n) is 7.49. The van der Waals surface area contributed by atoms with E-state index in [2.05, 4.69) is 4.90 Å². The summed E-state index contributed by atoms with van der Waals surface area (Å²) in [6.45, 7) is 1.90. The highest BCUT2D eigenvalue weighted by atomic mass is 16.2. The van der Waals surface area contributed by atoms with Crippen LogP contribution in [0, 0.1) is 11.3 Å². The average Bonchev–Trinajstić information content (AvgIpc) is 2.59. The molecule has 2 aliphatic carbocycles. The van der Waals surface area contributed by atoms with Gasteiger partial charge >= 0.3 is 0 Å². The van der Waals surface area contributed by atoms with E-state index in [0.29, 0.717) is 18.3 Å². The molecule has 0 radical (unpaired) electrons. The monoisotopic (exact) mass is 249 g/mol. The highest BCUT2D eigenvalue weighted by molar-refractivity contribution is 5.96. The van der Waals surface area contributed by atoms with Crippen LogP contribution in [0.3, 0.4) is 0 Å². The Labute approximate surface area is 109 Å². The summed E-state index contributed by atoms with van der Waals surface area (Å²) >= 11 is 0. The van der Waals surface area contributed by atoms with Crippen molar-refractivity contribution < 1.29 is 9.59 Å². The third-order valence-corrected chi connectivity index (χ3v) is 5.21. The zero-order valence-electron chi connectivity index (χ0n) is 11.1. The first kappa shape index (κ1) is 12.2. The van der Waals surface area contributed by atoms with Crippen LogP contribution in [0.4, 0.5) is 0 Å². The Hall–Kier alpha value is -0.860. The zero-order valence-corrected chi connectivity index (χ0v) is 11.1. The van der Waals surface area contributed by atoms with Crippen molar-refractivity contribution >= 4 is 11.7 Å². The Morgan fingerprint density at radius 3 is 2.33 bits per heavy atom. The van der Waals surface area contributed by atoms with Gasteiger partial charge in [-0.3, -0.25) is 9.59 Å². The number of hydrogen-bond donors (Lipinski definition) is 0. The normalized spacial score (nSPS) is 28.2. The molecule has 0 aromatic heterocycles. The van der Waals surface area contributed by atoms with E-state index in [0.717, 1.165) is 13.1 Å². The summed E-state index contributed by atoms with van der Waals surface area (Å²) in [7, 11) is 0. The Kier molecular flexibility index (Phi) is 3.16. The van der Waals surface area contributed by atoms with Crippen LogP contribution in [0.2, 0.25) is 0 Å². The number of likely N-dealkylation sites (tertiary alicyclic amines) is 1. The number of amides is 1. The molecule has 0 N–H and O–H groups in total. The van der Waals surface area contributed by atoms with E-state index < -0.39 is 0 Å². The van der Waals surface area contributed by atoms with Crippen molar-refractivity contribution in [2.45, 2.75) is 57.8 Å². The molecule has 100 valence electrons. The zero-order chi connectivity index (χ0) is 12.6. The van der Waals surface area contributed by atoms with Crippen LogP contribution < -0.4 is 0 Å². The molecule has 1 saturated heterocycles. The van der Waals surface area contributed by atoms with Gasteiger partial charge in [0.15, 0.2) is 0 Å². The van der Waals surface area contributed by atoms with Gasteiger partial charge in [0.05, 0.1) is 5.92 Å². The van der Waals surface area contributed by atoms with Crippen molar-refractivity contribution in [2.24, 2.45) is 11.3 Å². The second-order valence-electron chi connectivity index (χ2n) is 6.57. The molecule has 1 spiro atoms. The molecule has 0 unspecified atom stereocenters. The van der Waals surface area contributed by atoms with E-state index in [1.165, 1.54) is 44.9 Å². The quantitative estimate of drug-likeness (QED) is 0.716. The second kappa shape index (κ2) is 4.67. The maximum absolute atomic E-state index is 12.3. The minimum Gasteiger partial charge on any atom is -0.342 e. The molecule has 3 heteroatoms. The molecule has 0 bridgehead atoms. The van der Waals surface area contributed by atoms with Crippen molar-refractivity contribution in [1.82, 2.24) is 4.90 Å². The number of Topliss-reactive ketones (excluding diaryl/α,β-unsaturated/α-hetero) is 1. The van der Waals surface area contributed by atoms with Crippen LogP contribution in [-0.2, 0) is 9.59 Å². The molecule has 3 fully saturated rings. The maximum atomic E-state index is 12.3. The summed E-state index contributed by atoms with van der Waals surface area (Å²) in [5.41, 5.74) is 0.430. The highest BCUT2D eigenvalue weighted by Gasteiger charge is 2.43. The van der Waals surface area contributed by atoms with Gasteiger partial charge < -0.3 is 4.90 Å². The fourth-order valence-electron chi connectivity index (χ4n) is 3.93. The number of carbonyl (C=O) groups is 2. The maximum Gasteiger partial charge on any atom is 0.226 e. The summed E-state index contributed by atoms with van der Waals surface area (Å²) < 4.78 is 0. The largest absolute Gasteiger partial charge is 0.342 e. The predicted molar refractivity (Wildman–Crippen MR) is 69.1 cm³/mol. The highest BCUT2D eigenvalue weighted by Crippen LogP contribution is 2.43. The fourth-order valence-corrected chi connectivity index (χ4v) is 3.93. The van der Waals surface area contributed by atoms with Gasteiger partial charge in [-0.05, 0) is 24.7 Å². The third-order valence-electron chi connectivity index (χ3n) is 5.21. The fraction of sp³-hybridized carbons (Fsp3) is 0.867. The standard InChI is InChI=1S/C15H23NO2/c17-13-9-12(10-13)14(18)16-8-7-15(11-16)5-3-1-2-4-6-15/h12H,1-11H2. The molecule has 3 nitrogen and oxygen atoms in total. The van der Waals surface area contributed by atoms with Gasteiger partial charge in [-0.25, -0.2) is 0 Å². The Morgan fingerprint density at radius 2 is 1.72 bits per heavy atom. The first-order chi connectivity index (χ1) is 8.69. The first-order valence-corrected chi connectivity index (χ1v) is 7.49. The molecule has 3 rings (SSSR count). The lowest BCUT2D eigenvalue weighted by atomic mass is 9.79. The van der Waals surface area contributed by atoms with Gasteiger partial charge in [0.2, 0.25) is 5.91 Å². The van der Waals surface area contributed by atoms with Crippen molar-refractivity contribution in [3.8, 4) is 0 Å². The molecular formula is C15H23NO2. The van der Waals surface area contributed by atoms with E-state index in [4.69, 9.17) is 0 Å². The minimum atomic E-state index is 0.0263. The lowest BCUT2D eigenvalue weighted by Gasteiger charge is -2.31. The topological polar surface area (TPSA) is 37.4 Å². The smallest absolute Gasteiger partial charge is 0.226 e. The summed E-state index contributed by atoms with van der Waals surface area (Å²) in [5.74, 6) is 0.547. The molecule has 0 aromatic carbocycles. The lowest BCUT2D eigenvalue weighted by Crippen LogP contribution is -2.41. The molecule has 1 aliphatic heterocycles. The minimum absolute atomic E-state index is 0.0263. The van der Waals surface area contributed by atoms with Gasteiger partial charge in [-0.15, -0.1) is 0 Å². The number of hydrogen-bond acceptors (Lipinski definition) is 2. The second-order valence-corrected chi connectivity index (χ2v) is 6.57. The van der Waals surface area contributed by atoms with Gasteiger partial charge in [0.1, 0.15) is 5.78 Å². The van der Waals surface area contributed by atoms with E-state index in [-0.39, 0.29) is 17.6 Å².